The van der Waals surface area contributed by atoms with E-state index in [2.05, 4.69) is 42.7 Å². The molecule has 0 bridgehead atoms. The van der Waals surface area contributed by atoms with Gasteiger partial charge in [-0.2, -0.15) is 0 Å². The highest BCUT2D eigenvalue weighted by atomic mass is 35.5. The number of hydrogen-bond donors (Lipinski definition) is 2. The maximum absolute atomic E-state index is 12.2. The Morgan fingerprint density at radius 3 is 2.21 bits per heavy atom. The lowest BCUT2D eigenvalue weighted by Gasteiger charge is -2.14. The van der Waals surface area contributed by atoms with Gasteiger partial charge in [0.1, 0.15) is 0 Å². The fraction of sp³-hybridized carbons (Fsp3) is 0.350. The molecule has 0 radical (unpaired) electrons. The quantitative estimate of drug-likeness (QED) is 0.703. The van der Waals surface area contributed by atoms with E-state index in [0.29, 0.717) is 6.54 Å². The van der Waals surface area contributed by atoms with Crippen LogP contribution in [-0.4, -0.2) is 19.0 Å². The van der Waals surface area contributed by atoms with E-state index < -0.39 is 0 Å². The number of para-hydroxylation sites is 1. The molecule has 0 atom stereocenters. The van der Waals surface area contributed by atoms with Crippen molar-refractivity contribution in [3.63, 3.8) is 0 Å². The SMILES string of the molecule is CCc1cccc(CC)c1NC(=O)CNCCc1ccc(Cl)cc1. The Balaban J connectivity index is 1.82. The number of anilines is 1. The van der Waals surface area contributed by atoms with Crippen LogP contribution in [-0.2, 0) is 24.1 Å². The lowest BCUT2D eigenvalue weighted by molar-refractivity contribution is -0.115. The van der Waals surface area contributed by atoms with Crippen molar-refractivity contribution in [1.29, 1.82) is 0 Å². The number of rotatable bonds is 8. The maximum atomic E-state index is 12.2. The molecule has 24 heavy (non-hydrogen) atoms. The largest absolute Gasteiger partial charge is 0.324 e. The molecule has 0 saturated carbocycles. The second kappa shape index (κ2) is 9.45. The molecule has 0 aliphatic carbocycles. The molecule has 0 aliphatic heterocycles. The second-order valence-corrected chi connectivity index (χ2v) is 6.20. The third-order valence-corrected chi connectivity index (χ3v) is 4.30. The van der Waals surface area contributed by atoms with Crippen molar-refractivity contribution in [2.75, 3.05) is 18.4 Å². The number of carbonyl (C=O) groups is 1. The monoisotopic (exact) mass is 344 g/mol. The molecule has 0 aliphatic rings. The number of amides is 1. The van der Waals surface area contributed by atoms with Gasteiger partial charge in [-0.15, -0.1) is 0 Å². The van der Waals surface area contributed by atoms with Crippen molar-refractivity contribution < 1.29 is 4.79 Å². The first-order valence-electron chi connectivity index (χ1n) is 8.49. The fourth-order valence-corrected chi connectivity index (χ4v) is 2.80. The van der Waals surface area contributed by atoms with Crippen LogP contribution in [0.25, 0.3) is 0 Å². The summed E-state index contributed by atoms with van der Waals surface area (Å²) >= 11 is 5.87. The van der Waals surface area contributed by atoms with E-state index in [-0.39, 0.29) is 5.91 Å². The Morgan fingerprint density at radius 2 is 1.62 bits per heavy atom. The highest BCUT2D eigenvalue weighted by Gasteiger charge is 2.09. The summed E-state index contributed by atoms with van der Waals surface area (Å²) < 4.78 is 0. The van der Waals surface area contributed by atoms with E-state index in [0.717, 1.165) is 36.5 Å². The van der Waals surface area contributed by atoms with Crippen molar-refractivity contribution in [1.82, 2.24) is 5.32 Å². The van der Waals surface area contributed by atoms with Gasteiger partial charge in [-0.05, 0) is 54.6 Å². The predicted octanol–water partition coefficient (Wildman–Crippen LogP) is 4.24. The van der Waals surface area contributed by atoms with Crippen molar-refractivity contribution in [2.24, 2.45) is 0 Å². The molecule has 2 aromatic carbocycles. The molecule has 0 saturated heterocycles. The van der Waals surface area contributed by atoms with Crippen molar-refractivity contribution in [3.8, 4) is 0 Å². The van der Waals surface area contributed by atoms with E-state index in [1.54, 1.807) is 0 Å². The van der Waals surface area contributed by atoms with Crippen LogP contribution in [0.1, 0.15) is 30.5 Å². The first-order chi connectivity index (χ1) is 11.6. The summed E-state index contributed by atoms with van der Waals surface area (Å²) in [6, 6.07) is 14.0. The topological polar surface area (TPSA) is 41.1 Å². The van der Waals surface area contributed by atoms with Gasteiger partial charge in [0.25, 0.3) is 0 Å². The summed E-state index contributed by atoms with van der Waals surface area (Å²) in [7, 11) is 0. The second-order valence-electron chi connectivity index (χ2n) is 5.76. The molecule has 128 valence electrons. The maximum Gasteiger partial charge on any atom is 0.238 e. The third-order valence-electron chi connectivity index (χ3n) is 4.05. The highest BCUT2D eigenvalue weighted by Crippen LogP contribution is 2.22. The number of nitrogens with one attached hydrogen (secondary N) is 2. The van der Waals surface area contributed by atoms with Crippen LogP contribution in [0.5, 0.6) is 0 Å². The molecule has 2 aromatic rings. The minimum atomic E-state index is 0.00158. The van der Waals surface area contributed by atoms with Crippen molar-refractivity contribution in [2.45, 2.75) is 33.1 Å². The third kappa shape index (κ3) is 5.36. The van der Waals surface area contributed by atoms with Crippen LogP contribution in [0.4, 0.5) is 5.69 Å². The van der Waals surface area contributed by atoms with E-state index >= 15 is 0 Å². The molecular weight excluding hydrogens is 320 g/mol. The number of halogens is 1. The normalized spacial score (nSPS) is 10.6. The standard InChI is InChI=1S/C20H25ClN2O/c1-3-16-6-5-7-17(4-2)20(16)23-19(24)14-22-13-12-15-8-10-18(21)11-9-15/h5-11,22H,3-4,12-14H2,1-2H3,(H,23,24). The minimum absolute atomic E-state index is 0.00158. The van der Waals surface area contributed by atoms with E-state index in [1.165, 1.54) is 16.7 Å². The summed E-state index contributed by atoms with van der Waals surface area (Å²) in [4.78, 5) is 12.2. The van der Waals surface area contributed by atoms with Crippen LogP contribution >= 0.6 is 11.6 Å². The molecular formula is C20H25ClN2O. The van der Waals surface area contributed by atoms with Crippen molar-refractivity contribution in [3.05, 3.63) is 64.2 Å². The minimum Gasteiger partial charge on any atom is -0.324 e. The Bertz CT molecular complexity index is 646. The highest BCUT2D eigenvalue weighted by molar-refractivity contribution is 6.30. The van der Waals surface area contributed by atoms with Crippen LogP contribution in [0.2, 0.25) is 5.02 Å². The Morgan fingerprint density at radius 1 is 1.00 bits per heavy atom. The van der Waals surface area contributed by atoms with Gasteiger partial charge in [-0.3, -0.25) is 4.79 Å². The lowest BCUT2D eigenvalue weighted by Crippen LogP contribution is -2.30. The molecule has 0 spiro atoms. The van der Waals surface area contributed by atoms with Gasteiger partial charge in [-0.1, -0.05) is 55.8 Å². The predicted molar refractivity (Wildman–Crippen MR) is 102 cm³/mol. The molecule has 3 nitrogen and oxygen atoms in total. The van der Waals surface area contributed by atoms with Crippen LogP contribution in [0.15, 0.2) is 42.5 Å². The Hall–Kier alpha value is -1.84. The molecule has 0 aromatic heterocycles. The first-order valence-corrected chi connectivity index (χ1v) is 8.87. The molecule has 0 heterocycles. The summed E-state index contributed by atoms with van der Waals surface area (Å²) in [5, 5.41) is 7.01. The average molecular weight is 345 g/mol. The van der Waals surface area contributed by atoms with Gasteiger partial charge in [-0.25, -0.2) is 0 Å². The molecule has 2 rings (SSSR count). The average Bonchev–Trinajstić information content (AvgIpc) is 2.60. The Kier molecular flexibility index (Phi) is 7.29. The summed E-state index contributed by atoms with van der Waals surface area (Å²) in [5.74, 6) is 0.00158. The van der Waals surface area contributed by atoms with Gasteiger partial charge in [0, 0.05) is 10.7 Å². The smallest absolute Gasteiger partial charge is 0.238 e. The first kappa shape index (κ1) is 18.5. The molecule has 2 N–H and O–H groups in total. The zero-order chi connectivity index (χ0) is 17.4. The van der Waals surface area contributed by atoms with Gasteiger partial charge in [0.15, 0.2) is 0 Å². The van der Waals surface area contributed by atoms with Crippen molar-refractivity contribution >= 4 is 23.2 Å². The summed E-state index contributed by atoms with van der Waals surface area (Å²) in [6.45, 7) is 5.28. The number of aryl methyl sites for hydroxylation is 2. The zero-order valence-corrected chi connectivity index (χ0v) is 15.1. The number of carbonyl (C=O) groups excluding carboxylic acids is 1. The van der Waals surface area contributed by atoms with Gasteiger partial charge in [0.05, 0.1) is 6.54 Å². The Labute approximate surface area is 149 Å². The molecule has 1 amide bonds. The summed E-state index contributed by atoms with van der Waals surface area (Å²) in [6.07, 6.45) is 2.69. The van der Waals surface area contributed by atoms with Crippen LogP contribution in [0.3, 0.4) is 0 Å². The van der Waals surface area contributed by atoms with E-state index in [4.69, 9.17) is 11.6 Å². The molecule has 0 unspecified atom stereocenters. The van der Waals surface area contributed by atoms with Gasteiger partial charge < -0.3 is 10.6 Å². The van der Waals surface area contributed by atoms with Gasteiger partial charge in [0.2, 0.25) is 5.91 Å². The molecule has 4 heteroatoms. The van der Waals surface area contributed by atoms with Gasteiger partial charge >= 0.3 is 0 Å². The number of benzene rings is 2. The lowest BCUT2D eigenvalue weighted by atomic mass is 10.0. The summed E-state index contributed by atoms with van der Waals surface area (Å²) in [5.41, 5.74) is 4.55. The van der Waals surface area contributed by atoms with Crippen LogP contribution in [0, 0.1) is 0 Å². The number of hydrogen-bond acceptors (Lipinski definition) is 2. The molecule has 0 fully saturated rings. The fourth-order valence-electron chi connectivity index (χ4n) is 2.67. The van der Waals surface area contributed by atoms with Crippen LogP contribution < -0.4 is 10.6 Å². The van der Waals surface area contributed by atoms with E-state index in [9.17, 15) is 4.79 Å². The zero-order valence-electron chi connectivity index (χ0n) is 14.4. The van der Waals surface area contributed by atoms with E-state index in [1.807, 2.05) is 24.3 Å².